The zero-order chi connectivity index (χ0) is 9.97. The van der Waals surface area contributed by atoms with Crippen molar-refractivity contribution in [3.63, 3.8) is 0 Å². The van der Waals surface area contributed by atoms with E-state index >= 15 is 0 Å². The molecule has 0 saturated heterocycles. The summed E-state index contributed by atoms with van der Waals surface area (Å²) in [6.45, 7) is 1.99. The first kappa shape index (κ1) is 8.71. The molecule has 0 atom stereocenters. The number of hydrazine groups is 1. The first-order valence-electron chi connectivity index (χ1n) is 4.17. The zero-order valence-corrected chi connectivity index (χ0v) is 7.69. The predicted octanol–water partition coefficient (Wildman–Crippen LogP) is 1.33. The number of nitrogens with zero attached hydrogens (tertiary/aromatic N) is 2. The van der Waals surface area contributed by atoms with Crippen LogP contribution in [0, 0.1) is 6.92 Å². The van der Waals surface area contributed by atoms with Crippen molar-refractivity contribution < 1.29 is 4.52 Å². The Morgan fingerprint density at radius 2 is 2.14 bits per heavy atom. The molecule has 5 nitrogen and oxygen atoms in total. The highest BCUT2D eigenvalue weighted by molar-refractivity contribution is 5.59. The van der Waals surface area contributed by atoms with Crippen molar-refractivity contribution in [1.82, 2.24) is 10.1 Å². The van der Waals surface area contributed by atoms with Gasteiger partial charge in [-0.25, -0.2) is 5.84 Å². The number of nitrogen functional groups attached to an aromatic ring is 1. The minimum atomic E-state index is 0.211. The molecule has 1 aromatic carbocycles. The molecule has 14 heavy (non-hydrogen) atoms. The third-order valence-electron chi connectivity index (χ3n) is 1.94. The summed E-state index contributed by atoms with van der Waals surface area (Å²) in [5.41, 5.74) is 4.33. The van der Waals surface area contributed by atoms with Crippen LogP contribution in [0.3, 0.4) is 0 Å². The van der Waals surface area contributed by atoms with Crippen LogP contribution in [0.4, 0.5) is 6.01 Å². The summed E-state index contributed by atoms with van der Waals surface area (Å²) in [5, 5.41) is 3.79. The fourth-order valence-electron chi connectivity index (χ4n) is 1.22. The number of anilines is 1. The van der Waals surface area contributed by atoms with Gasteiger partial charge in [-0.15, -0.1) is 0 Å². The average Bonchev–Trinajstić information content (AvgIpc) is 2.67. The maximum absolute atomic E-state index is 5.13. The van der Waals surface area contributed by atoms with Gasteiger partial charge < -0.3 is 4.52 Å². The minimum absolute atomic E-state index is 0.211. The molecule has 0 fully saturated rings. The Morgan fingerprint density at radius 1 is 1.36 bits per heavy atom. The molecule has 3 N–H and O–H groups in total. The molecule has 2 aromatic rings. The normalized spacial score (nSPS) is 10.1. The lowest BCUT2D eigenvalue weighted by atomic mass is 10.1. The van der Waals surface area contributed by atoms with Crippen LogP contribution in [0.2, 0.25) is 0 Å². The van der Waals surface area contributed by atoms with Gasteiger partial charge >= 0.3 is 6.01 Å². The number of aromatic nitrogens is 2. The number of benzene rings is 1. The quantitative estimate of drug-likeness (QED) is 0.551. The third kappa shape index (κ3) is 1.45. The molecule has 2 rings (SSSR count). The van der Waals surface area contributed by atoms with Gasteiger partial charge in [0.05, 0.1) is 0 Å². The standard InChI is InChI=1S/C9H10N4O/c1-6-4-2-3-5-7(6)8-11-9(12-10)14-13-8/h2-5H,10H2,1H3,(H,11,12,13). The Hall–Kier alpha value is -1.88. The average molecular weight is 190 g/mol. The Morgan fingerprint density at radius 3 is 2.79 bits per heavy atom. The molecule has 0 aliphatic heterocycles. The second kappa shape index (κ2) is 3.47. The summed E-state index contributed by atoms with van der Waals surface area (Å²) in [7, 11) is 0. The van der Waals surface area contributed by atoms with Crippen LogP contribution in [0.5, 0.6) is 0 Å². The molecular weight excluding hydrogens is 180 g/mol. The van der Waals surface area contributed by atoms with E-state index in [2.05, 4.69) is 15.6 Å². The van der Waals surface area contributed by atoms with E-state index in [9.17, 15) is 0 Å². The zero-order valence-electron chi connectivity index (χ0n) is 7.69. The number of nitrogens with one attached hydrogen (secondary N) is 1. The third-order valence-corrected chi connectivity index (χ3v) is 1.94. The lowest BCUT2D eigenvalue weighted by molar-refractivity contribution is 0.432. The maximum atomic E-state index is 5.13. The van der Waals surface area contributed by atoms with Gasteiger partial charge in [0.2, 0.25) is 5.82 Å². The smallest absolute Gasteiger partial charge is 0.314 e. The molecule has 1 heterocycles. The topological polar surface area (TPSA) is 77.0 Å². The van der Waals surface area contributed by atoms with Crippen molar-refractivity contribution in [2.24, 2.45) is 5.84 Å². The van der Waals surface area contributed by atoms with Gasteiger partial charge in [-0.05, 0) is 12.5 Å². The Kier molecular flexibility index (Phi) is 2.16. The fraction of sp³-hybridized carbons (Fsp3) is 0.111. The van der Waals surface area contributed by atoms with Crippen molar-refractivity contribution in [2.45, 2.75) is 6.92 Å². The molecule has 0 aliphatic rings. The second-order valence-electron chi connectivity index (χ2n) is 2.88. The summed E-state index contributed by atoms with van der Waals surface area (Å²) in [6, 6.07) is 8.01. The highest BCUT2D eigenvalue weighted by atomic mass is 16.5. The highest BCUT2D eigenvalue weighted by Crippen LogP contribution is 2.20. The van der Waals surface area contributed by atoms with E-state index in [0.717, 1.165) is 11.1 Å². The van der Waals surface area contributed by atoms with Crippen molar-refractivity contribution in [3.8, 4) is 11.4 Å². The fourth-order valence-corrected chi connectivity index (χ4v) is 1.22. The number of aryl methyl sites for hydroxylation is 1. The van der Waals surface area contributed by atoms with Crippen molar-refractivity contribution >= 4 is 6.01 Å². The SMILES string of the molecule is Cc1ccccc1-c1noc(NN)n1. The summed E-state index contributed by atoms with van der Waals surface area (Å²) in [4.78, 5) is 4.05. The maximum Gasteiger partial charge on any atom is 0.335 e. The van der Waals surface area contributed by atoms with Crippen molar-refractivity contribution in [1.29, 1.82) is 0 Å². The minimum Gasteiger partial charge on any atom is -0.314 e. The van der Waals surface area contributed by atoms with Crippen molar-refractivity contribution in [2.75, 3.05) is 5.43 Å². The Bertz CT molecular complexity index is 438. The predicted molar refractivity (Wildman–Crippen MR) is 52.3 cm³/mol. The van der Waals surface area contributed by atoms with Gasteiger partial charge in [-0.1, -0.05) is 29.4 Å². The molecule has 0 aliphatic carbocycles. The van der Waals surface area contributed by atoms with Crippen LogP contribution >= 0.6 is 0 Å². The number of hydrogen-bond donors (Lipinski definition) is 2. The van der Waals surface area contributed by atoms with Gasteiger partial charge in [-0.3, -0.25) is 5.43 Å². The van der Waals surface area contributed by atoms with Gasteiger partial charge in [0.15, 0.2) is 0 Å². The van der Waals surface area contributed by atoms with Gasteiger partial charge in [0, 0.05) is 5.56 Å². The van der Waals surface area contributed by atoms with Gasteiger partial charge in [0.25, 0.3) is 0 Å². The molecule has 0 saturated carbocycles. The molecule has 0 bridgehead atoms. The monoisotopic (exact) mass is 190 g/mol. The summed E-state index contributed by atoms with van der Waals surface area (Å²) in [5.74, 6) is 5.67. The van der Waals surface area contributed by atoms with E-state index in [1.807, 2.05) is 31.2 Å². The Balaban J connectivity index is 2.44. The summed E-state index contributed by atoms with van der Waals surface area (Å²) < 4.78 is 4.83. The summed E-state index contributed by atoms with van der Waals surface area (Å²) in [6.07, 6.45) is 0. The van der Waals surface area contributed by atoms with Crippen LogP contribution in [0.15, 0.2) is 28.8 Å². The molecule has 0 unspecified atom stereocenters. The molecule has 0 amide bonds. The Labute approximate surface area is 80.9 Å². The van der Waals surface area contributed by atoms with E-state index in [-0.39, 0.29) is 6.01 Å². The van der Waals surface area contributed by atoms with Crippen molar-refractivity contribution in [3.05, 3.63) is 29.8 Å². The van der Waals surface area contributed by atoms with E-state index in [4.69, 9.17) is 10.4 Å². The van der Waals surface area contributed by atoms with E-state index in [1.54, 1.807) is 0 Å². The molecular formula is C9H10N4O. The molecule has 72 valence electrons. The van der Waals surface area contributed by atoms with E-state index in [1.165, 1.54) is 0 Å². The van der Waals surface area contributed by atoms with Gasteiger partial charge in [0.1, 0.15) is 0 Å². The lowest BCUT2D eigenvalue weighted by Gasteiger charge is -1.97. The van der Waals surface area contributed by atoms with Crippen LogP contribution in [0.25, 0.3) is 11.4 Å². The molecule has 1 aromatic heterocycles. The number of hydrogen-bond acceptors (Lipinski definition) is 5. The van der Waals surface area contributed by atoms with Crippen LogP contribution in [-0.2, 0) is 0 Å². The molecule has 0 spiro atoms. The highest BCUT2D eigenvalue weighted by Gasteiger charge is 2.08. The lowest BCUT2D eigenvalue weighted by Crippen LogP contribution is -2.06. The van der Waals surface area contributed by atoms with E-state index in [0.29, 0.717) is 5.82 Å². The first-order chi connectivity index (χ1) is 6.81. The van der Waals surface area contributed by atoms with Crippen LogP contribution < -0.4 is 11.3 Å². The van der Waals surface area contributed by atoms with Gasteiger partial charge in [-0.2, -0.15) is 4.98 Å². The number of rotatable bonds is 2. The molecule has 0 radical (unpaired) electrons. The van der Waals surface area contributed by atoms with Crippen LogP contribution in [-0.4, -0.2) is 10.1 Å². The number of nitrogens with two attached hydrogens (primary N) is 1. The molecule has 5 heteroatoms. The van der Waals surface area contributed by atoms with E-state index < -0.39 is 0 Å². The second-order valence-corrected chi connectivity index (χ2v) is 2.88. The largest absolute Gasteiger partial charge is 0.335 e. The summed E-state index contributed by atoms with van der Waals surface area (Å²) >= 11 is 0. The first-order valence-corrected chi connectivity index (χ1v) is 4.17. The van der Waals surface area contributed by atoms with Crippen LogP contribution in [0.1, 0.15) is 5.56 Å².